The van der Waals surface area contributed by atoms with Gasteiger partial charge in [-0.1, -0.05) is 6.92 Å². The topological polar surface area (TPSA) is 45.1 Å². The smallest absolute Gasteiger partial charge is 0.0809 e. The molecule has 0 saturated carbocycles. The van der Waals surface area contributed by atoms with E-state index in [-0.39, 0.29) is 6.04 Å². The lowest BCUT2D eigenvalue weighted by Crippen LogP contribution is -2.38. The summed E-state index contributed by atoms with van der Waals surface area (Å²) in [4.78, 5) is 4.43. The van der Waals surface area contributed by atoms with Crippen LogP contribution in [0, 0.1) is 0 Å². The van der Waals surface area contributed by atoms with Crippen molar-refractivity contribution in [1.82, 2.24) is 10.3 Å². The van der Waals surface area contributed by atoms with Crippen LogP contribution in [0.5, 0.6) is 0 Å². The zero-order valence-corrected chi connectivity index (χ0v) is 11.9. The molecule has 0 aliphatic carbocycles. The molecular formula is C14H20N2OS. The number of hydrogen-bond donors (Lipinski definition) is 2. The van der Waals surface area contributed by atoms with Gasteiger partial charge in [0.15, 0.2) is 0 Å². The first-order valence-corrected chi connectivity index (χ1v) is 7.19. The summed E-state index contributed by atoms with van der Waals surface area (Å²) in [6, 6.07) is 4.40. The molecule has 0 bridgehead atoms. The van der Waals surface area contributed by atoms with Gasteiger partial charge in [0, 0.05) is 18.8 Å². The lowest BCUT2D eigenvalue weighted by molar-refractivity contribution is 0.0533. The quantitative estimate of drug-likeness (QED) is 0.872. The van der Waals surface area contributed by atoms with Gasteiger partial charge < -0.3 is 10.4 Å². The van der Waals surface area contributed by atoms with E-state index in [2.05, 4.69) is 28.7 Å². The highest BCUT2D eigenvalue weighted by molar-refractivity contribution is 7.17. The number of thiophene rings is 1. The Morgan fingerprint density at radius 3 is 3.06 bits per heavy atom. The standard InChI is InChI=1S/C14H20N2OS/c1-4-14(3,17)9-16-10(2)11-7-13-12(15-8-11)5-6-18-13/h5-8,10,16-17H,4,9H2,1-3H3. The first-order chi connectivity index (χ1) is 8.52. The van der Waals surface area contributed by atoms with E-state index in [1.54, 1.807) is 11.3 Å². The fraction of sp³-hybridized carbons (Fsp3) is 0.500. The van der Waals surface area contributed by atoms with Crippen molar-refractivity contribution in [2.45, 2.75) is 38.8 Å². The van der Waals surface area contributed by atoms with Crippen LogP contribution in [0.4, 0.5) is 0 Å². The number of aliphatic hydroxyl groups is 1. The lowest BCUT2D eigenvalue weighted by atomic mass is 10.0. The summed E-state index contributed by atoms with van der Waals surface area (Å²) in [6.07, 6.45) is 2.66. The second-order valence-corrected chi connectivity index (χ2v) is 5.97. The average molecular weight is 264 g/mol. The predicted octanol–water partition coefficient (Wildman–Crippen LogP) is 3.11. The van der Waals surface area contributed by atoms with Crippen LogP contribution in [0.1, 0.15) is 38.8 Å². The molecule has 0 fully saturated rings. The van der Waals surface area contributed by atoms with Crippen molar-refractivity contribution in [3.8, 4) is 0 Å². The summed E-state index contributed by atoms with van der Waals surface area (Å²) in [6.45, 7) is 6.54. The molecule has 0 amide bonds. The number of nitrogens with one attached hydrogen (secondary N) is 1. The van der Waals surface area contributed by atoms with E-state index in [1.807, 2.05) is 26.1 Å². The molecule has 2 aromatic heterocycles. The summed E-state index contributed by atoms with van der Waals surface area (Å²) in [5, 5.41) is 15.4. The van der Waals surface area contributed by atoms with Crippen LogP contribution in [0.2, 0.25) is 0 Å². The van der Waals surface area contributed by atoms with Crippen LogP contribution < -0.4 is 5.32 Å². The Morgan fingerprint density at radius 2 is 2.33 bits per heavy atom. The third-order valence-electron chi connectivity index (χ3n) is 3.37. The van der Waals surface area contributed by atoms with Gasteiger partial charge in [-0.05, 0) is 43.3 Å². The fourth-order valence-electron chi connectivity index (χ4n) is 1.71. The Morgan fingerprint density at radius 1 is 1.56 bits per heavy atom. The van der Waals surface area contributed by atoms with E-state index in [9.17, 15) is 5.11 Å². The molecule has 2 N–H and O–H groups in total. The number of hydrogen-bond acceptors (Lipinski definition) is 4. The molecule has 2 unspecified atom stereocenters. The van der Waals surface area contributed by atoms with Gasteiger partial charge >= 0.3 is 0 Å². The molecule has 0 saturated heterocycles. The van der Waals surface area contributed by atoms with Crippen LogP contribution in [-0.4, -0.2) is 22.2 Å². The van der Waals surface area contributed by atoms with Crippen molar-refractivity contribution in [3.05, 3.63) is 29.3 Å². The van der Waals surface area contributed by atoms with Gasteiger partial charge in [0.2, 0.25) is 0 Å². The summed E-state index contributed by atoms with van der Waals surface area (Å²) >= 11 is 1.71. The number of pyridine rings is 1. The number of nitrogens with zero attached hydrogens (tertiary/aromatic N) is 1. The highest BCUT2D eigenvalue weighted by Crippen LogP contribution is 2.22. The third kappa shape index (κ3) is 3.07. The molecule has 2 heterocycles. The van der Waals surface area contributed by atoms with Crippen LogP contribution in [0.25, 0.3) is 10.2 Å². The highest BCUT2D eigenvalue weighted by atomic mass is 32.1. The average Bonchev–Trinajstić information content (AvgIpc) is 2.83. The van der Waals surface area contributed by atoms with Gasteiger partial charge in [0.25, 0.3) is 0 Å². The maximum absolute atomic E-state index is 9.98. The molecule has 0 spiro atoms. The molecular weight excluding hydrogens is 244 g/mol. The molecule has 0 radical (unpaired) electrons. The number of rotatable bonds is 5. The van der Waals surface area contributed by atoms with Gasteiger partial charge in [-0.25, -0.2) is 0 Å². The maximum atomic E-state index is 9.98. The first kappa shape index (κ1) is 13.5. The largest absolute Gasteiger partial charge is 0.389 e. The summed E-state index contributed by atoms with van der Waals surface area (Å²) in [7, 11) is 0. The summed E-state index contributed by atoms with van der Waals surface area (Å²) in [5.74, 6) is 0. The zero-order valence-electron chi connectivity index (χ0n) is 11.1. The monoisotopic (exact) mass is 264 g/mol. The second kappa shape index (κ2) is 5.34. The van der Waals surface area contributed by atoms with Gasteiger partial charge in [-0.15, -0.1) is 11.3 Å². The molecule has 0 aromatic carbocycles. The summed E-state index contributed by atoms with van der Waals surface area (Å²) < 4.78 is 1.21. The van der Waals surface area contributed by atoms with Crippen molar-refractivity contribution in [2.75, 3.05) is 6.54 Å². The van der Waals surface area contributed by atoms with Crippen LogP contribution in [-0.2, 0) is 0 Å². The Hall–Kier alpha value is -0.970. The maximum Gasteiger partial charge on any atom is 0.0809 e. The van der Waals surface area contributed by atoms with E-state index in [0.717, 1.165) is 17.5 Å². The van der Waals surface area contributed by atoms with Crippen molar-refractivity contribution >= 4 is 21.6 Å². The minimum Gasteiger partial charge on any atom is -0.389 e. The number of fused-ring (bicyclic) bond motifs is 1. The summed E-state index contributed by atoms with van der Waals surface area (Å²) in [5.41, 5.74) is 1.57. The van der Waals surface area contributed by atoms with E-state index in [0.29, 0.717) is 6.54 Å². The molecule has 2 rings (SSSR count). The molecule has 0 aliphatic rings. The third-order valence-corrected chi connectivity index (χ3v) is 4.23. The van der Waals surface area contributed by atoms with Gasteiger partial charge in [0.1, 0.15) is 0 Å². The molecule has 2 atom stereocenters. The Labute approximate surface area is 112 Å². The fourth-order valence-corrected chi connectivity index (χ4v) is 2.50. The zero-order chi connectivity index (χ0) is 13.2. The Kier molecular flexibility index (Phi) is 4.00. The van der Waals surface area contributed by atoms with Crippen molar-refractivity contribution in [2.24, 2.45) is 0 Å². The van der Waals surface area contributed by atoms with Gasteiger partial charge in [-0.3, -0.25) is 4.98 Å². The van der Waals surface area contributed by atoms with Crippen LogP contribution >= 0.6 is 11.3 Å². The predicted molar refractivity (Wildman–Crippen MR) is 77.0 cm³/mol. The molecule has 98 valence electrons. The van der Waals surface area contributed by atoms with Crippen molar-refractivity contribution in [3.63, 3.8) is 0 Å². The lowest BCUT2D eigenvalue weighted by Gasteiger charge is -2.24. The van der Waals surface area contributed by atoms with E-state index in [4.69, 9.17) is 0 Å². The SMILES string of the molecule is CCC(C)(O)CNC(C)c1cnc2ccsc2c1. The first-order valence-electron chi connectivity index (χ1n) is 6.31. The Bertz CT molecular complexity index is 521. The molecule has 4 heteroatoms. The highest BCUT2D eigenvalue weighted by Gasteiger charge is 2.18. The van der Waals surface area contributed by atoms with Gasteiger partial charge in [-0.2, -0.15) is 0 Å². The Balaban J connectivity index is 2.06. The van der Waals surface area contributed by atoms with Crippen LogP contribution in [0.15, 0.2) is 23.7 Å². The van der Waals surface area contributed by atoms with Crippen molar-refractivity contribution in [1.29, 1.82) is 0 Å². The minimum atomic E-state index is -0.644. The molecule has 2 aromatic rings. The van der Waals surface area contributed by atoms with E-state index < -0.39 is 5.60 Å². The second-order valence-electron chi connectivity index (χ2n) is 5.03. The van der Waals surface area contributed by atoms with Crippen molar-refractivity contribution < 1.29 is 5.11 Å². The molecule has 18 heavy (non-hydrogen) atoms. The molecule has 0 aliphatic heterocycles. The normalized spacial score (nSPS) is 16.7. The number of aromatic nitrogens is 1. The van der Waals surface area contributed by atoms with E-state index in [1.165, 1.54) is 4.70 Å². The molecule has 3 nitrogen and oxygen atoms in total. The van der Waals surface area contributed by atoms with Gasteiger partial charge in [0.05, 0.1) is 15.8 Å². The van der Waals surface area contributed by atoms with Crippen LogP contribution in [0.3, 0.4) is 0 Å². The minimum absolute atomic E-state index is 0.196. The van der Waals surface area contributed by atoms with E-state index >= 15 is 0 Å².